The number of esters is 1. The SMILES string of the molecule is CCOC(=O)C1CCCc2sc3nc(C)n(CCN4CCCC4)c(=O)c3c21. The third-order valence-electron chi connectivity index (χ3n) is 5.77. The molecule has 0 saturated carbocycles. The van der Waals surface area contributed by atoms with Gasteiger partial charge in [0.15, 0.2) is 0 Å². The van der Waals surface area contributed by atoms with E-state index in [0.717, 1.165) is 60.0 Å². The maximum Gasteiger partial charge on any atom is 0.313 e. The predicted octanol–water partition coefficient (Wildman–Crippen LogP) is 2.85. The lowest BCUT2D eigenvalue weighted by Crippen LogP contribution is -2.31. The fourth-order valence-corrected chi connectivity index (χ4v) is 5.72. The molecule has 7 heteroatoms. The molecule has 2 aromatic heterocycles. The van der Waals surface area contributed by atoms with Crippen molar-refractivity contribution >= 4 is 27.5 Å². The minimum absolute atomic E-state index is 0.00500. The summed E-state index contributed by atoms with van der Waals surface area (Å²) in [7, 11) is 0. The van der Waals surface area contributed by atoms with Crippen molar-refractivity contribution in [2.75, 3.05) is 26.2 Å². The van der Waals surface area contributed by atoms with Crippen molar-refractivity contribution in [2.24, 2.45) is 0 Å². The van der Waals surface area contributed by atoms with Crippen LogP contribution >= 0.6 is 11.3 Å². The molecule has 146 valence electrons. The highest BCUT2D eigenvalue weighted by molar-refractivity contribution is 7.18. The van der Waals surface area contributed by atoms with E-state index in [1.165, 1.54) is 12.8 Å². The molecule has 4 rings (SSSR count). The summed E-state index contributed by atoms with van der Waals surface area (Å²) in [6.45, 7) is 7.86. The summed E-state index contributed by atoms with van der Waals surface area (Å²) in [4.78, 5) is 34.9. The summed E-state index contributed by atoms with van der Waals surface area (Å²) in [6, 6.07) is 0. The number of hydrogen-bond donors (Lipinski definition) is 0. The summed E-state index contributed by atoms with van der Waals surface area (Å²) < 4.78 is 7.09. The van der Waals surface area contributed by atoms with Gasteiger partial charge in [-0.15, -0.1) is 11.3 Å². The fraction of sp³-hybridized carbons (Fsp3) is 0.650. The Balaban J connectivity index is 1.75. The van der Waals surface area contributed by atoms with Crippen LogP contribution in [0.25, 0.3) is 10.2 Å². The molecule has 0 N–H and O–H groups in total. The van der Waals surface area contributed by atoms with Crippen molar-refractivity contribution in [3.8, 4) is 0 Å². The van der Waals surface area contributed by atoms with E-state index in [2.05, 4.69) is 4.90 Å². The monoisotopic (exact) mass is 389 g/mol. The van der Waals surface area contributed by atoms with Crippen LogP contribution < -0.4 is 5.56 Å². The van der Waals surface area contributed by atoms with E-state index in [9.17, 15) is 9.59 Å². The number of ether oxygens (including phenoxy) is 1. The summed E-state index contributed by atoms with van der Waals surface area (Å²) in [6.07, 6.45) is 5.09. The van der Waals surface area contributed by atoms with Crippen molar-refractivity contribution in [3.63, 3.8) is 0 Å². The number of aryl methyl sites for hydroxylation is 2. The zero-order valence-corrected chi connectivity index (χ0v) is 16.9. The number of likely N-dealkylation sites (tertiary alicyclic amines) is 1. The molecule has 6 nitrogen and oxygen atoms in total. The van der Waals surface area contributed by atoms with E-state index in [1.807, 2.05) is 13.8 Å². The summed E-state index contributed by atoms with van der Waals surface area (Å²) in [5, 5.41) is 0.653. The molecule has 2 aromatic rings. The summed E-state index contributed by atoms with van der Waals surface area (Å²) in [5.74, 6) is 0.228. The number of fused-ring (bicyclic) bond motifs is 3. The van der Waals surface area contributed by atoms with Crippen LogP contribution in [-0.2, 0) is 22.5 Å². The average Bonchev–Trinajstić information content (AvgIpc) is 3.28. The maximum atomic E-state index is 13.4. The maximum absolute atomic E-state index is 13.4. The van der Waals surface area contributed by atoms with E-state index in [4.69, 9.17) is 9.72 Å². The molecule has 1 fully saturated rings. The number of hydrogen-bond acceptors (Lipinski definition) is 6. The van der Waals surface area contributed by atoms with Gasteiger partial charge in [-0.25, -0.2) is 4.98 Å². The second kappa shape index (κ2) is 7.72. The molecule has 0 spiro atoms. The molecule has 0 radical (unpaired) electrons. The van der Waals surface area contributed by atoms with E-state index < -0.39 is 0 Å². The topological polar surface area (TPSA) is 64.4 Å². The van der Waals surface area contributed by atoms with E-state index in [-0.39, 0.29) is 17.4 Å². The van der Waals surface area contributed by atoms with Crippen LogP contribution in [0.2, 0.25) is 0 Å². The minimum atomic E-state index is -0.327. The second-order valence-electron chi connectivity index (χ2n) is 7.48. The highest BCUT2D eigenvalue weighted by Gasteiger charge is 2.33. The normalized spacial score (nSPS) is 20.1. The third-order valence-corrected chi connectivity index (χ3v) is 6.93. The molecule has 27 heavy (non-hydrogen) atoms. The Labute approximate surface area is 163 Å². The third kappa shape index (κ3) is 3.43. The zero-order chi connectivity index (χ0) is 19.0. The van der Waals surface area contributed by atoms with Crippen LogP contribution in [0.5, 0.6) is 0 Å². The van der Waals surface area contributed by atoms with Gasteiger partial charge in [0.25, 0.3) is 5.56 Å². The molecule has 2 aliphatic rings. The van der Waals surface area contributed by atoms with Crippen LogP contribution in [0.4, 0.5) is 0 Å². The average molecular weight is 390 g/mol. The van der Waals surface area contributed by atoms with Crippen molar-refractivity contribution in [1.82, 2.24) is 14.5 Å². The van der Waals surface area contributed by atoms with Gasteiger partial charge >= 0.3 is 5.97 Å². The molecule has 1 aliphatic heterocycles. The Kier molecular flexibility index (Phi) is 5.32. The lowest BCUT2D eigenvalue weighted by molar-refractivity contribution is -0.145. The number of nitrogens with zero attached hydrogens (tertiary/aromatic N) is 3. The predicted molar refractivity (Wildman–Crippen MR) is 107 cm³/mol. The van der Waals surface area contributed by atoms with Crippen molar-refractivity contribution < 1.29 is 9.53 Å². The first-order chi connectivity index (χ1) is 13.1. The smallest absolute Gasteiger partial charge is 0.313 e. The highest BCUT2D eigenvalue weighted by Crippen LogP contribution is 2.41. The lowest BCUT2D eigenvalue weighted by atomic mass is 9.86. The molecule has 0 amide bonds. The Hall–Kier alpha value is -1.73. The van der Waals surface area contributed by atoms with Gasteiger partial charge in [-0.05, 0) is 64.6 Å². The first-order valence-electron chi connectivity index (χ1n) is 10.0. The standard InChI is InChI=1S/C20H27N3O3S/c1-3-26-20(25)14-7-6-8-15-16(14)17-18(27-15)21-13(2)23(19(17)24)12-11-22-9-4-5-10-22/h14H,3-12H2,1-2H3. The molecule has 1 unspecified atom stereocenters. The van der Waals surface area contributed by atoms with Crippen LogP contribution in [0.3, 0.4) is 0 Å². The molecule has 1 saturated heterocycles. The zero-order valence-electron chi connectivity index (χ0n) is 16.1. The van der Waals surface area contributed by atoms with Gasteiger partial charge in [0, 0.05) is 18.0 Å². The Morgan fingerprint density at radius 2 is 2.04 bits per heavy atom. The fourth-order valence-electron chi connectivity index (χ4n) is 4.41. The van der Waals surface area contributed by atoms with E-state index >= 15 is 0 Å². The Morgan fingerprint density at radius 1 is 1.26 bits per heavy atom. The van der Waals surface area contributed by atoms with Crippen LogP contribution in [-0.4, -0.2) is 46.7 Å². The molecular formula is C20H27N3O3S. The van der Waals surface area contributed by atoms with Gasteiger partial charge in [-0.2, -0.15) is 0 Å². The lowest BCUT2D eigenvalue weighted by Gasteiger charge is -2.21. The highest BCUT2D eigenvalue weighted by atomic mass is 32.1. The Bertz CT molecular complexity index is 911. The van der Waals surface area contributed by atoms with E-state index in [1.54, 1.807) is 15.9 Å². The van der Waals surface area contributed by atoms with Crippen molar-refractivity contribution in [1.29, 1.82) is 0 Å². The summed E-state index contributed by atoms with van der Waals surface area (Å²) >= 11 is 1.58. The van der Waals surface area contributed by atoms with Gasteiger partial charge in [-0.3, -0.25) is 14.2 Å². The van der Waals surface area contributed by atoms with Gasteiger partial charge in [0.05, 0.1) is 17.9 Å². The Morgan fingerprint density at radius 3 is 2.78 bits per heavy atom. The molecule has 1 aliphatic carbocycles. The number of carbonyl (C=O) groups excluding carboxylic acids is 1. The van der Waals surface area contributed by atoms with Crippen molar-refractivity contribution in [2.45, 2.75) is 58.4 Å². The first kappa shape index (κ1) is 18.6. The van der Waals surface area contributed by atoms with Gasteiger partial charge in [0.2, 0.25) is 0 Å². The molecule has 0 bridgehead atoms. The molecule has 0 aromatic carbocycles. The van der Waals surface area contributed by atoms with Gasteiger partial charge in [0.1, 0.15) is 10.7 Å². The molecule has 3 heterocycles. The van der Waals surface area contributed by atoms with Crippen LogP contribution in [0.1, 0.15) is 54.8 Å². The van der Waals surface area contributed by atoms with Crippen LogP contribution in [0.15, 0.2) is 4.79 Å². The van der Waals surface area contributed by atoms with Crippen LogP contribution in [0, 0.1) is 6.92 Å². The number of aromatic nitrogens is 2. The second-order valence-corrected chi connectivity index (χ2v) is 8.56. The minimum Gasteiger partial charge on any atom is -0.466 e. The molecular weight excluding hydrogens is 362 g/mol. The summed E-state index contributed by atoms with van der Waals surface area (Å²) in [5.41, 5.74) is 0.900. The first-order valence-corrected chi connectivity index (χ1v) is 10.8. The van der Waals surface area contributed by atoms with Gasteiger partial charge < -0.3 is 9.64 Å². The van der Waals surface area contributed by atoms with Crippen molar-refractivity contribution in [3.05, 3.63) is 26.6 Å². The van der Waals surface area contributed by atoms with Gasteiger partial charge in [-0.1, -0.05) is 0 Å². The number of rotatable bonds is 5. The number of thiophene rings is 1. The largest absolute Gasteiger partial charge is 0.466 e. The molecule has 1 atom stereocenters. The quantitative estimate of drug-likeness (QED) is 0.736. The number of carbonyl (C=O) groups is 1. The van der Waals surface area contributed by atoms with E-state index in [0.29, 0.717) is 18.5 Å².